The van der Waals surface area contributed by atoms with Gasteiger partial charge in [0.2, 0.25) is 0 Å². The molecule has 1 aliphatic carbocycles. The summed E-state index contributed by atoms with van der Waals surface area (Å²) in [5.74, 6) is 0.245. The third kappa shape index (κ3) is 4.36. The maximum absolute atomic E-state index is 12.2. The van der Waals surface area contributed by atoms with Crippen molar-refractivity contribution in [3.63, 3.8) is 0 Å². The number of amides is 1. The summed E-state index contributed by atoms with van der Waals surface area (Å²) in [6.07, 6.45) is 7.97. The SMILES string of the molecule is CC(C)(C)OC(=O)N1CCC(n2cc(-c3ccc4c(c3)C(=O)CCC4)cn2)CC1. The topological polar surface area (TPSA) is 64.4 Å². The number of benzene rings is 1. The molecule has 2 aromatic rings. The van der Waals surface area contributed by atoms with Crippen molar-refractivity contribution < 1.29 is 14.3 Å². The summed E-state index contributed by atoms with van der Waals surface area (Å²) in [7, 11) is 0. The van der Waals surface area contributed by atoms with Crippen LogP contribution in [0.3, 0.4) is 0 Å². The van der Waals surface area contributed by atoms with Gasteiger partial charge >= 0.3 is 6.09 Å². The Kier molecular flexibility index (Phi) is 5.19. The molecule has 0 saturated carbocycles. The fraction of sp³-hybridized carbons (Fsp3) is 0.522. The smallest absolute Gasteiger partial charge is 0.410 e. The molecule has 2 aliphatic rings. The van der Waals surface area contributed by atoms with Gasteiger partial charge in [-0.1, -0.05) is 12.1 Å². The monoisotopic (exact) mass is 395 g/mol. The number of hydrogen-bond acceptors (Lipinski definition) is 4. The quantitative estimate of drug-likeness (QED) is 0.743. The molecule has 0 unspecified atom stereocenters. The van der Waals surface area contributed by atoms with Crippen molar-refractivity contribution in [1.82, 2.24) is 14.7 Å². The molecule has 2 heterocycles. The summed E-state index contributed by atoms with van der Waals surface area (Å²) in [6, 6.07) is 6.45. The zero-order valence-electron chi connectivity index (χ0n) is 17.5. The van der Waals surface area contributed by atoms with Crippen molar-refractivity contribution >= 4 is 11.9 Å². The molecule has 1 aliphatic heterocycles. The zero-order chi connectivity index (χ0) is 20.6. The van der Waals surface area contributed by atoms with Crippen LogP contribution in [-0.4, -0.2) is 45.2 Å². The minimum Gasteiger partial charge on any atom is -0.444 e. The van der Waals surface area contributed by atoms with Gasteiger partial charge in [-0.15, -0.1) is 0 Å². The summed E-state index contributed by atoms with van der Waals surface area (Å²) >= 11 is 0. The number of nitrogens with zero attached hydrogens (tertiary/aromatic N) is 3. The summed E-state index contributed by atoms with van der Waals surface area (Å²) in [5, 5.41) is 4.57. The molecule has 0 atom stereocenters. The maximum Gasteiger partial charge on any atom is 0.410 e. The average molecular weight is 396 g/mol. The molecule has 0 radical (unpaired) electrons. The fourth-order valence-corrected chi connectivity index (χ4v) is 4.13. The van der Waals surface area contributed by atoms with Gasteiger partial charge in [-0.3, -0.25) is 9.48 Å². The highest BCUT2D eigenvalue weighted by molar-refractivity contribution is 5.99. The number of hydrogen-bond donors (Lipinski definition) is 0. The van der Waals surface area contributed by atoms with Crippen molar-refractivity contribution in [3.8, 4) is 11.1 Å². The van der Waals surface area contributed by atoms with Crippen LogP contribution in [0.15, 0.2) is 30.6 Å². The van der Waals surface area contributed by atoms with Crippen molar-refractivity contribution in [2.75, 3.05) is 13.1 Å². The van der Waals surface area contributed by atoms with Crippen LogP contribution in [0.1, 0.15) is 68.4 Å². The molecular formula is C23H29N3O3. The number of likely N-dealkylation sites (tertiary alicyclic amines) is 1. The molecule has 1 fully saturated rings. The van der Waals surface area contributed by atoms with E-state index in [1.54, 1.807) is 4.90 Å². The third-order valence-corrected chi connectivity index (χ3v) is 5.69. The normalized spacial score (nSPS) is 17.9. The van der Waals surface area contributed by atoms with Gasteiger partial charge in [-0.2, -0.15) is 5.10 Å². The minimum absolute atomic E-state index is 0.240. The first-order chi connectivity index (χ1) is 13.8. The molecule has 154 valence electrons. The number of Topliss-reactive ketones (excluding diaryl/α,β-unsaturated/α-hetero) is 1. The van der Waals surface area contributed by atoms with Crippen molar-refractivity contribution in [2.45, 2.75) is 64.5 Å². The molecule has 6 heteroatoms. The summed E-state index contributed by atoms with van der Waals surface area (Å²) < 4.78 is 7.47. The van der Waals surface area contributed by atoms with Crippen LogP contribution in [0.25, 0.3) is 11.1 Å². The van der Waals surface area contributed by atoms with E-state index >= 15 is 0 Å². The van der Waals surface area contributed by atoms with Crippen molar-refractivity contribution in [1.29, 1.82) is 0 Å². The summed E-state index contributed by atoms with van der Waals surface area (Å²) in [4.78, 5) is 26.3. The Morgan fingerprint density at radius 3 is 2.62 bits per heavy atom. The Morgan fingerprint density at radius 2 is 1.90 bits per heavy atom. The average Bonchev–Trinajstić information content (AvgIpc) is 3.17. The predicted octanol–water partition coefficient (Wildman–Crippen LogP) is 4.64. The van der Waals surface area contributed by atoms with Crippen molar-refractivity contribution in [3.05, 3.63) is 41.7 Å². The molecule has 0 N–H and O–H groups in total. The van der Waals surface area contributed by atoms with Gasteiger partial charge in [-0.05, 0) is 63.6 Å². The van der Waals surface area contributed by atoms with Crippen LogP contribution >= 0.6 is 0 Å². The third-order valence-electron chi connectivity index (χ3n) is 5.69. The first-order valence-electron chi connectivity index (χ1n) is 10.5. The maximum atomic E-state index is 12.2. The van der Waals surface area contributed by atoms with Gasteiger partial charge in [0.15, 0.2) is 5.78 Å². The standard InChI is InChI=1S/C23H29N3O3/c1-23(2,3)29-22(28)25-11-9-19(10-12-25)26-15-18(14-24-26)17-8-7-16-5-4-6-21(27)20(16)13-17/h7-8,13-15,19H,4-6,9-12H2,1-3H3. The molecule has 6 nitrogen and oxygen atoms in total. The van der Waals surface area contributed by atoms with E-state index in [0.717, 1.165) is 47.9 Å². The number of carbonyl (C=O) groups is 2. The summed E-state index contributed by atoms with van der Waals surface area (Å²) in [5.41, 5.74) is 3.62. The van der Waals surface area contributed by atoms with Gasteiger partial charge in [0.1, 0.15) is 5.60 Å². The Hall–Kier alpha value is -2.63. The molecule has 1 aromatic carbocycles. The van der Waals surface area contributed by atoms with E-state index in [-0.39, 0.29) is 17.9 Å². The van der Waals surface area contributed by atoms with Crippen LogP contribution in [-0.2, 0) is 11.2 Å². The van der Waals surface area contributed by atoms with Gasteiger partial charge in [0, 0.05) is 36.8 Å². The lowest BCUT2D eigenvalue weighted by Crippen LogP contribution is -2.42. The Morgan fingerprint density at radius 1 is 1.14 bits per heavy atom. The number of aryl methyl sites for hydroxylation is 1. The van der Waals surface area contributed by atoms with E-state index in [0.29, 0.717) is 19.5 Å². The number of carbonyl (C=O) groups excluding carboxylic acids is 2. The molecular weight excluding hydrogens is 366 g/mol. The Balaban J connectivity index is 1.42. The molecule has 29 heavy (non-hydrogen) atoms. The first kappa shape index (κ1) is 19.7. The minimum atomic E-state index is -0.471. The second-order valence-electron chi connectivity index (χ2n) is 9.06. The largest absolute Gasteiger partial charge is 0.444 e. The van der Waals surface area contributed by atoms with Crippen LogP contribution in [0, 0.1) is 0 Å². The van der Waals surface area contributed by atoms with E-state index < -0.39 is 5.60 Å². The van der Waals surface area contributed by atoms with Crippen molar-refractivity contribution in [2.24, 2.45) is 0 Å². The number of fused-ring (bicyclic) bond motifs is 1. The number of ketones is 1. The number of piperidine rings is 1. The summed E-state index contributed by atoms with van der Waals surface area (Å²) in [6.45, 7) is 7.00. The van der Waals surface area contributed by atoms with E-state index in [2.05, 4.69) is 23.4 Å². The Bertz CT molecular complexity index is 918. The fourth-order valence-electron chi connectivity index (χ4n) is 4.13. The van der Waals surface area contributed by atoms with E-state index in [9.17, 15) is 9.59 Å². The predicted molar refractivity (Wildman–Crippen MR) is 111 cm³/mol. The number of rotatable bonds is 2. The van der Waals surface area contributed by atoms with E-state index in [4.69, 9.17) is 4.74 Å². The van der Waals surface area contributed by atoms with Crippen LogP contribution in [0.2, 0.25) is 0 Å². The van der Waals surface area contributed by atoms with Crippen LogP contribution in [0.5, 0.6) is 0 Å². The van der Waals surface area contributed by atoms with E-state index in [1.807, 2.05) is 37.7 Å². The second-order valence-corrected chi connectivity index (χ2v) is 9.06. The lowest BCUT2D eigenvalue weighted by Gasteiger charge is -2.33. The van der Waals surface area contributed by atoms with Gasteiger partial charge in [0.05, 0.1) is 12.2 Å². The zero-order valence-corrected chi connectivity index (χ0v) is 17.5. The van der Waals surface area contributed by atoms with Crippen LogP contribution in [0.4, 0.5) is 4.79 Å². The van der Waals surface area contributed by atoms with Crippen LogP contribution < -0.4 is 0 Å². The highest BCUT2D eigenvalue weighted by Gasteiger charge is 2.28. The van der Waals surface area contributed by atoms with E-state index in [1.165, 1.54) is 0 Å². The molecule has 1 saturated heterocycles. The molecule has 0 spiro atoms. The number of ether oxygens (including phenoxy) is 1. The number of aromatic nitrogens is 2. The lowest BCUT2D eigenvalue weighted by atomic mass is 9.88. The van der Waals surface area contributed by atoms with Gasteiger partial charge in [0.25, 0.3) is 0 Å². The second kappa shape index (κ2) is 7.65. The van der Waals surface area contributed by atoms with Gasteiger partial charge < -0.3 is 9.64 Å². The molecule has 1 amide bonds. The Labute approximate surface area is 171 Å². The molecule has 4 rings (SSSR count). The highest BCUT2D eigenvalue weighted by atomic mass is 16.6. The molecule has 0 bridgehead atoms. The highest BCUT2D eigenvalue weighted by Crippen LogP contribution is 2.29. The lowest BCUT2D eigenvalue weighted by molar-refractivity contribution is 0.0184. The first-order valence-corrected chi connectivity index (χ1v) is 10.5. The van der Waals surface area contributed by atoms with Gasteiger partial charge in [-0.25, -0.2) is 4.79 Å². The molecule has 1 aromatic heterocycles.